The van der Waals surface area contributed by atoms with Gasteiger partial charge in [-0.15, -0.1) is 0 Å². The average molecular weight is 229 g/mol. The summed E-state index contributed by atoms with van der Waals surface area (Å²) in [5.74, 6) is 1.98. The van der Waals surface area contributed by atoms with E-state index in [2.05, 4.69) is 46.9 Å². The summed E-state index contributed by atoms with van der Waals surface area (Å²) in [6.45, 7) is 16.8. The number of methoxy groups -OCH3 is 1. The molecule has 0 aromatic rings. The Balaban J connectivity index is 4.22. The molecule has 0 bridgehead atoms. The molecule has 0 aromatic carbocycles. The minimum atomic E-state index is 0.335. The maximum Gasteiger partial charge on any atom is 0.0491 e. The number of hydrogen-bond donors (Lipinski definition) is 1. The van der Waals surface area contributed by atoms with Gasteiger partial charge in [0.25, 0.3) is 0 Å². The summed E-state index contributed by atoms with van der Waals surface area (Å²) in [4.78, 5) is 0. The Morgan fingerprint density at radius 2 is 1.62 bits per heavy atom. The smallest absolute Gasteiger partial charge is 0.0491 e. The fourth-order valence-corrected chi connectivity index (χ4v) is 2.27. The van der Waals surface area contributed by atoms with Crippen LogP contribution in [0.4, 0.5) is 0 Å². The normalized spacial score (nSPS) is 16.5. The molecule has 0 amide bonds. The first-order valence-corrected chi connectivity index (χ1v) is 6.48. The second-order valence-corrected chi connectivity index (χ2v) is 6.46. The Bertz CT molecular complexity index is 172. The van der Waals surface area contributed by atoms with Crippen molar-refractivity contribution in [3.05, 3.63) is 0 Å². The van der Waals surface area contributed by atoms with E-state index >= 15 is 0 Å². The molecular formula is C14H31NO. The number of nitrogens with one attached hydrogen (secondary N) is 1. The van der Waals surface area contributed by atoms with Gasteiger partial charge in [0.05, 0.1) is 0 Å². The van der Waals surface area contributed by atoms with Gasteiger partial charge < -0.3 is 10.1 Å². The van der Waals surface area contributed by atoms with Crippen molar-refractivity contribution in [2.24, 2.45) is 23.2 Å². The van der Waals surface area contributed by atoms with Crippen LogP contribution in [-0.2, 0) is 4.74 Å². The molecule has 0 saturated heterocycles. The molecule has 2 unspecified atom stereocenters. The third-order valence-electron chi connectivity index (χ3n) is 3.15. The van der Waals surface area contributed by atoms with Crippen molar-refractivity contribution in [1.29, 1.82) is 0 Å². The first-order valence-electron chi connectivity index (χ1n) is 6.48. The fourth-order valence-electron chi connectivity index (χ4n) is 2.27. The molecule has 0 fully saturated rings. The summed E-state index contributed by atoms with van der Waals surface area (Å²) in [5.41, 5.74) is 0.335. The van der Waals surface area contributed by atoms with Gasteiger partial charge in [-0.1, -0.05) is 41.5 Å². The first kappa shape index (κ1) is 15.9. The minimum Gasteiger partial charge on any atom is -0.384 e. The summed E-state index contributed by atoms with van der Waals surface area (Å²) in [6, 6.07) is 0. The Morgan fingerprint density at radius 1 is 1.06 bits per heavy atom. The monoisotopic (exact) mass is 229 g/mol. The van der Waals surface area contributed by atoms with Gasteiger partial charge in [-0.05, 0) is 36.3 Å². The summed E-state index contributed by atoms with van der Waals surface area (Å²) in [7, 11) is 1.79. The van der Waals surface area contributed by atoms with Gasteiger partial charge in [0, 0.05) is 13.7 Å². The summed E-state index contributed by atoms with van der Waals surface area (Å²) in [5, 5.41) is 3.58. The van der Waals surface area contributed by atoms with E-state index in [-0.39, 0.29) is 0 Å². The molecule has 0 aliphatic heterocycles. The highest BCUT2D eigenvalue weighted by atomic mass is 16.5. The van der Waals surface area contributed by atoms with Gasteiger partial charge in [-0.2, -0.15) is 0 Å². The second kappa shape index (κ2) is 7.29. The van der Waals surface area contributed by atoms with Gasteiger partial charge in [-0.3, -0.25) is 0 Å². The topological polar surface area (TPSA) is 21.3 Å². The molecule has 1 N–H and O–H groups in total. The zero-order chi connectivity index (χ0) is 12.8. The maximum absolute atomic E-state index is 5.28. The van der Waals surface area contributed by atoms with Crippen LogP contribution in [0.5, 0.6) is 0 Å². The molecule has 98 valence electrons. The average Bonchev–Trinajstić information content (AvgIpc) is 2.10. The van der Waals surface area contributed by atoms with Crippen LogP contribution in [-0.4, -0.2) is 26.8 Å². The summed E-state index contributed by atoms with van der Waals surface area (Å²) < 4.78 is 5.28. The molecule has 0 heterocycles. The van der Waals surface area contributed by atoms with E-state index in [1.165, 1.54) is 0 Å². The highest BCUT2D eigenvalue weighted by Crippen LogP contribution is 2.31. The van der Waals surface area contributed by atoms with E-state index in [1.54, 1.807) is 7.11 Å². The van der Waals surface area contributed by atoms with E-state index in [0.717, 1.165) is 25.6 Å². The molecule has 2 nitrogen and oxygen atoms in total. The van der Waals surface area contributed by atoms with Gasteiger partial charge >= 0.3 is 0 Å². The zero-order valence-corrected chi connectivity index (χ0v) is 12.3. The minimum absolute atomic E-state index is 0.335. The Kier molecular flexibility index (Phi) is 7.25. The van der Waals surface area contributed by atoms with Crippen molar-refractivity contribution in [1.82, 2.24) is 5.32 Å². The Hall–Kier alpha value is -0.0800. The molecule has 0 spiro atoms. The predicted octanol–water partition coefficient (Wildman–Crippen LogP) is 3.18. The van der Waals surface area contributed by atoms with Crippen molar-refractivity contribution in [2.75, 3.05) is 26.8 Å². The van der Waals surface area contributed by atoms with Crippen LogP contribution in [0.2, 0.25) is 0 Å². The lowest BCUT2D eigenvalue weighted by Gasteiger charge is -2.35. The first-order chi connectivity index (χ1) is 7.29. The molecule has 0 aliphatic carbocycles. The quantitative estimate of drug-likeness (QED) is 0.724. The van der Waals surface area contributed by atoms with E-state index < -0.39 is 0 Å². The van der Waals surface area contributed by atoms with Crippen LogP contribution in [0.25, 0.3) is 0 Å². The van der Waals surface area contributed by atoms with Gasteiger partial charge in [0.1, 0.15) is 0 Å². The van der Waals surface area contributed by atoms with Crippen molar-refractivity contribution in [3.8, 4) is 0 Å². The third-order valence-corrected chi connectivity index (χ3v) is 3.15. The molecule has 16 heavy (non-hydrogen) atoms. The predicted molar refractivity (Wildman–Crippen MR) is 71.7 cm³/mol. The second-order valence-electron chi connectivity index (χ2n) is 6.46. The van der Waals surface area contributed by atoms with Gasteiger partial charge in [0.15, 0.2) is 0 Å². The molecule has 0 rings (SSSR count). The zero-order valence-electron chi connectivity index (χ0n) is 12.3. The van der Waals surface area contributed by atoms with Crippen molar-refractivity contribution in [3.63, 3.8) is 0 Å². The molecule has 2 heteroatoms. The maximum atomic E-state index is 5.28. The van der Waals surface area contributed by atoms with Crippen molar-refractivity contribution < 1.29 is 4.74 Å². The SMILES string of the molecule is COCC(C)C(CNCC(C)C)C(C)(C)C. The standard InChI is InChI=1S/C14H31NO/c1-11(2)8-15-9-13(14(4,5)6)12(3)10-16-7/h11-13,15H,8-10H2,1-7H3. The van der Waals surface area contributed by atoms with Crippen LogP contribution >= 0.6 is 0 Å². The van der Waals surface area contributed by atoms with Gasteiger partial charge in [0.2, 0.25) is 0 Å². The van der Waals surface area contributed by atoms with Crippen LogP contribution in [0.1, 0.15) is 41.5 Å². The Morgan fingerprint density at radius 3 is 2.00 bits per heavy atom. The number of rotatable bonds is 7. The largest absolute Gasteiger partial charge is 0.384 e. The molecular weight excluding hydrogens is 198 g/mol. The molecule has 0 aromatic heterocycles. The number of ether oxygens (including phenoxy) is 1. The molecule has 0 aliphatic rings. The van der Waals surface area contributed by atoms with E-state index in [4.69, 9.17) is 4.74 Å². The highest BCUT2D eigenvalue weighted by molar-refractivity contribution is 4.80. The molecule has 2 atom stereocenters. The summed E-state index contributed by atoms with van der Waals surface area (Å²) in [6.07, 6.45) is 0. The van der Waals surface area contributed by atoms with Gasteiger partial charge in [-0.25, -0.2) is 0 Å². The van der Waals surface area contributed by atoms with E-state index in [1.807, 2.05) is 0 Å². The van der Waals surface area contributed by atoms with Crippen LogP contribution in [0.3, 0.4) is 0 Å². The van der Waals surface area contributed by atoms with Crippen LogP contribution < -0.4 is 5.32 Å². The third kappa shape index (κ3) is 6.49. The van der Waals surface area contributed by atoms with Crippen LogP contribution in [0.15, 0.2) is 0 Å². The van der Waals surface area contributed by atoms with Crippen LogP contribution in [0, 0.1) is 23.2 Å². The molecule has 0 radical (unpaired) electrons. The summed E-state index contributed by atoms with van der Waals surface area (Å²) >= 11 is 0. The van der Waals surface area contributed by atoms with E-state index in [0.29, 0.717) is 17.3 Å². The lowest BCUT2D eigenvalue weighted by atomic mass is 9.74. The highest BCUT2D eigenvalue weighted by Gasteiger charge is 2.29. The lowest BCUT2D eigenvalue weighted by Crippen LogP contribution is -2.38. The number of hydrogen-bond acceptors (Lipinski definition) is 2. The van der Waals surface area contributed by atoms with Crippen molar-refractivity contribution >= 4 is 0 Å². The van der Waals surface area contributed by atoms with E-state index in [9.17, 15) is 0 Å². The lowest BCUT2D eigenvalue weighted by molar-refractivity contribution is 0.0793. The molecule has 0 saturated carbocycles. The fraction of sp³-hybridized carbons (Fsp3) is 1.00. The Labute approximate surface area is 102 Å². The van der Waals surface area contributed by atoms with Crippen molar-refractivity contribution in [2.45, 2.75) is 41.5 Å².